The minimum atomic E-state index is 0.0591. The first kappa shape index (κ1) is 23.8. The Labute approximate surface area is 202 Å². The number of amides is 1. The second-order valence-electron chi connectivity index (χ2n) is 7.65. The lowest BCUT2D eigenvalue weighted by molar-refractivity contribution is -0.116. The molecule has 1 aromatic heterocycles. The molecule has 3 aromatic rings. The minimum Gasteiger partial charge on any atom is -0.497 e. The molecular weight excluding hydrogens is 458 g/mol. The van der Waals surface area contributed by atoms with E-state index < -0.39 is 0 Å². The number of benzene rings is 2. The van der Waals surface area contributed by atoms with Gasteiger partial charge in [-0.25, -0.2) is 4.98 Å². The summed E-state index contributed by atoms with van der Waals surface area (Å²) in [6.45, 7) is 5.03. The molecule has 0 unspecified atom stereocenters. The largest absolute Gasteiger partial charge is 0.497 e. The third-order valence-corrected chi connectivity index (χ3v) is 7.54. The van der Waals surface area contributed by atoms with E-state index in [1.54, 1.807) is 14.2 Å². The van der Waals surface area contributed by atoms with Crippen LogP contribution in [0.4, 0.5) is 5.13 Å². The van der Waals surface area contributed by atoms with Crippen LogP contribution in [-0.4, -0.2) is 75.2 Å². The van der Waals surface area contributed by atoms with E-state index in [2.05, 4.69) is 4.90 Å². The number of ether oxygens (including phenoxy) is 3. The summed E-state index contributed by atoms with van der Waals surface area (Å²) in [5.74, 6) is 2.01. The molecule has 0 atom stereocenters. The van der Waals surface area contributed by atoms with E-state index in [1.807, 2.05) is 47.4 Å². The van der Waals surface area contributed by atoms with Crippen molar-refractivity contribution < 1.29 is 19.0 Å². The second kappa shape index (κ2) is 11.7. The van der Waals surface area contributed by atoms with Gasteiger partial charge in [0, 0.05) is 31.1 Å². The Morgan fingerprint density at radius 3 is 2.58 bits per heavy atom. The van der Waals surface area contributed by atoms with E-state index in [4.69, 9.17) is 19.2 Å². The maximum absolute atomic E-state index is 13.3. The Morgan fingerprint density at radius 2 is 1.85 bits per heavy atom. The van der Waals surface area contributed by atoms with Gasteiger partial charge in [0.05, 0.1) is 43.4 Å². The topological polar surface area (TPSA) is 64.1 Å². The van der Waals surface area contributed by atoms with Crippen molar-refractivity contribution >= 4 is 44.4 Å². The summed E-state index contributed by atoms with van der Waals surface area (Å²) in [5.41, 5.74) is 0.879. The van der Waals surface area contributed by atoms with Gasteiger partial charge in [0.25, 0.3) is 0 Å². The fourth-order valence-corrected chi connectivity index (χ4v) is 5.45. The molecule has 1 aliphatic rings. The molecule has 2 heterocycles. The number of carbonyl (C=O) groups excluding carboxylic acids is 1. The van der Waals surface area contributed by atoms with Crippen LogP contribution in [0.25, 0.3) is 10.2 Å². The average Bonchev–Trinajstić information content (AvgIpc) is 3.29. The first-order chi connectivity index (χ1) is 16.2. The highest BCUT2D eigenvalue weighted by atomic mass is 32.2. The molecule has 0 saturated carbocycles. The number of carbonyl (C=O) groups is 1. The van der Waals surface area contributed by atoms with E-state index in [9.17, 15) is 4.79 Å². The zero-order valence-electron chi connectivity index (χ0n) is 19.0. The van der Waals surface area contributed by atoms with Gasteiger partial charge in [-0.3, -0.25) is 14.6 Å². The summed E-state index contributed by atoms with van der Waals surface area (Å²) in [4.78, 5) is 23.3. The maximum atomic E-state index is 13.3. The molecule has 33 heavy (non-hydrogen) atoms. The van der Waals surface area contributed by atoms with E-state index >= 15 is 0 Å². The third kappa shape index (κ3) is 6.38. The highest BCUT2D eigenvalue weighted by Crippen LogP contribution is 2.32. The van der Waals surface area contributed by atoms with E-state index in [0.717, 1.165) is 71.0 Å². The fourth-order valence-electron chi connectivity index (χ4n) is 3.63. The Kier molecular flexibility index (Phi) is 8.44. The Hall–Kier alpha value is -2.33. The molecule has 0 radical (unpaired) electrons. The summed E-state index contributed by atoms with van der Waals surface area (Å²) >= 11 is 3.06. The zero-order valence-corrected chi connectivity index (χ0v) is 20.6. The molecule has 0 bridgehead atoms. The van der Waals surface area contributed by atoms with Crippen LogP contribution < -0.4 is 14.4 Å². The SMILES string of the molecule is COc1ccc(SCC(=O)N(CCCN2CCOCC2)c2nc3ccc(OC)cc3s2)cc1. The first-order valence-corrected chi connectivity index (χ1v) is 12.8. The van der Waals surface area contributed by atoms with Crippen molar-refractivity contribution in [3.05, 3.63) is 42.5 Å². The summed E-state index contributed by atoms with van der Waals surface area (Å²) in [7, 11) is 3.30. The summed E-state index contributed by atoms with van der Waals surface area (Å²) in [6, 6.07) is 13.6. The van der Waals surface area contributed by atoms with Crippen molar-refractivity contribution in [2.75, 3.05) is 64.3 Å². The third-order valence-electron chi connectivity index (χ3n) is 5.50. The predicted molar refractivity (Wildman–Crippen MR) is 134 cm³/mol. The van der Waals surface area contributed by atoms with Gasteiger partial charge in [0.2, 0.25) is 5.91 Å². The van der Waals surface area contributed by atoms with E-state index in [1.165, 1.54) is 23.1 Å². The number of thiazole rings is 1. The molecule has 1 fully saturated rings. The van der Waals surface area contributed by atoms with Crippen LogP contribution in [0.3, 0.4) is 0 Å². The van der Waals surface area contributed by atoms with Crippen molar-refractivity contribution in [3.63, 3.8) is 0 Å². The van der Waals surface area contributed by atoms with Gasteiger partial charge in [-0.2, -0.15) is 0 Å². The monoisotopic (exact) mass is 487 g/mol. The summed E-state index contributed by atoms with van der Waals surface area (Å²) in [5, 5.41) is 0.737. The fraction of sp³-hybridized carbons (Fsp3) is 0.417. The quantitative estimate of drug-likeness (QED) is 0.398. The Balaban J connectivity index is 1.46. The smallest absolute Gasteiger partial charge is 0.239 e. The van der Waals surface area contributed by atoms with E-state index in [0.29, 0.717) is 12.3 Å². The van der Waals surface area contributed by atoms with Crippen LogP contribution in [0.1, 0.15) is 6.42 Å². The lowest BCUT2D eigenvalue weighted by Gasteiger charge is -2.27. The number of thioether (sulfide) groups is 1. The van der Waals surface area contributed by atoms with E-state index in [-0.39, 0.29) is 5.91 Å². The van der Waals surface area contributed by atoms with Gasteiger partial charge >= 0.3 is 0 Å². The van der Waals surface area contributed by atoms with Crippen molar-refractivity contribution in [2.45, 2.75) is 11.3 Å². The molecule has 1 amide bonds. The standard InChI is InChI=1S/C24H29N3O4S2/c1-29-18-4-7-20(8-5-18)32-17-23(28)27(11-3-10-26-12-14-31-15-13-26)24-25-21-9-6-19(30-2)16-22(21)33-24/h4-9,16H,3,10-15,17H2,1-2H3. The number of anilines is 1. The van der Waals surface area contributed by atoms with Crippen LogP contribution in [0.15, 0.2) is 47.4 Å². The van der Waals surface area contributed by atoms with Gasteiger partial charge in [0.1, 0.15) is 11.5 Å². The molecule has 1 saturated heterocycles. The molecule has 0 spiro atoms. The molecule has 0 N–H and O–H groups in total. The molecule has 1 aliphatic heterocycles. The Morgan fingerprint density at radius 1 is 1.12 bits per heavy atom. The zero-order chi connectivity index (χ0) is 23.0. The first-order valence-electron chi connectivity index (χ1n) is 11.0. The van der Waals surface area contributed by atoms with Crippen molar-refractivity contribution in [1.82, 2.24) is 9.88 Å². The van der Waals surface area contributed by atoms with Gasteiger partial charge in [-0.05, 0) is 48.9 Å². The summed E-state index contributed by atoms with van der Waals surface area (Å²) < 4.78 is 17.0. The number of hydrogen-bond acceptors (Lipinski definition) is 8. The number of methoxy groups -OCH3 is 2. The molecule has 176 valence electrons. The van der Waals surface area contributed by atoms with Gasteiger partial charge < -0.3 is 14.2 Å². The Bertz CT molecular complexity index is 1050. The number of fused-ring (bicyclic) bond motifs is 1. The highest BCUT2D eigenvalue weighted by molar-refractivity contribution is 8.00. The number of morpholine rings is 1. The van der Waals surface area contributed by atoms with Crippen LogP contribution >= 0.6 is 23.1 Å². The van der Waals surface area contributed by atoms with Crippen molar-refractivity contribution in [2.24, 2.45) is 0 Å². The normalized spacial score (nSPS) is 14.4. The minimum absolute atomic E-state index is 0.0591. The predicted octanol–water partition coefficient (Wildman–Crippen LogP) is 4.16. The van der Waals surface area contributed by atoms with Crippen LogP contribution in [0.2, 0.25) is 0 Å². The van der Waals surface area contributed by atoms with Crippen molar-refractivity contribution in [1.29, 1.82) is 0 Å². The van der Waals surface area contributed by atoms with Gasteiger partial charge in [-0.1, -0.05) is 11.3 Å². The molecule has 2 aromatic carbocycles. The number of hydrogen-bond donors (Lipinski definition) is 0. The molecule has 4 rings (SSSR count). The summed E-state index contributed by atoms with van der Waals surface area (Å²) in [6.07, 6.45) is 0.887. The number of aromatic nitrogens is 1. The van der Waals surface area contributed by atoms with Crippen LogP contribution in [0, 0.1) is 0 Å². The molecular formula is C24H29N3O4S2. The lowest BCUT2D eigenvalue weighted by Crippen LogP contribution is -2.39. The maximum Gasteiger partial charge on any atom is 0.239 e. The molecule has 0 aliphatic carbocycles. The number of rotatable bonds is 10. The van der Waals surface area contributed by atoms with Gasteiger partial charge in [-0.15, -0.1) is 11.8 Å². The molecule has 9 heteroatoms. The number of nitrogens with zero attached hydrogens (tertiary/aromatic N) is 3. The van der Waals surface area contributed by atoms with Crippen LogP contribution in [-0.2, 0) is 9.53 Å². The molecule has 7 nitrogen and oxygen atoms in total. The van der Waals surface area contributed by atoms with Gasteiger partial charge in [0.15, 0.2) is 5.13 Å². The second-order valence-corrected chi connectivity index (χ2v) is 9.71. The highest BCUT2D eigenvalue weighted by Gasteiger charge is 2.21. The van der Waals surface area contributed by atoms with Crippen molar-refractivity contribution in [3.8, 4) is 11.5 Å². The van der Waals surface area contributed by atoms with Crippen LogP contribution in [0.5, 0.6) is 11.5 Å². The lowest BCUT2D eigenvalue weighted by atomic mass is 10.3. The average molecular weight is 488 g/mol.